The van der Waals surface area contributed by atoms with E-state index in [4.69, 9.17) is 10.5 Å². The van der Waals surface area contributed by atoms with Gasteiger partial charge in [0.25, 0.3) is 0 Å². The molecule has 2 saturated heterocycles. The van der Waals surface area contributed by atoms with E-state index < -0.39 is 59.9 Å². The monoisotopic (exact) mass is 643 g/mol. The van der Waals surface area contributed by atoms with E-state index in [1.807, 2.05) is 31.2 Å². The summed E-state index contributed by atoms with van der Waals surface area (Å²) in [5.41, 5.74) is 7.26. The highest BCUT2D eigenvalue weighted by molar-refractivity contribution is 5.95. The van der Waals surface area contributed by atoms with Crippen molar-refractivity contribution in [1.82, 2.24) is 20.4 Å². The van der Waals surface area contributed by atoms with Crippen LogP contribution < -0.4 is 16.4 Å². The number of aliphatic carboxylic acids is 1. The lowest BCUT2D eigenvalue weighted by Crippen LogP contribution is -2.59. The Balaban J connectivity index is 1.72. The number of carbonyl (C=O) groups is 6. The number of ether oxygens (including phenoxy) is 1. The van der Waals surface area contributed by atoms with Gasteiger partial charge in [-0.2, -0.15) is 0 Å². The third-order valence-electron chi connectivity index (χ3n) is 8.98. The van der Waals surface area contributed by atoms with Crippen molar-refractivity contribution < 1.29 is 38.6 Å². The van der Waals surface area contributed by atoms with Crippen LogP contribution >= 0.6 is 0 Å². The lowest BCUT2D eigenvalue weighted by molar-refractivity contribution is -0.152. The molecule has 0 spiro atoms. The standard InChI is InChI=1S/C33H49N5O8/c1-4-6-11-22-12-7-8-13-23(22)20-46-33(45)35-24(16-17-27(34)39)29(40)36-28(21(3)5-2)31(42)37-18-9-14-25(37)30(41)38-19-10-15-26(38)32(43)44/h7-8,12-13,21,24-26,28H,4-6,9-11,14-20H2,1-3H3,(H2,34,39)(H,35,45)(H,36,40)(H,43,44). The lowest BCUT2D eigenvalue weighted by atomic mass is 9.96. The Morgan fingerprint density at radius 2 is 1.63 bits per heavy atom. The molecule has 2 aliphatic rings. The van der Waals surface area contributed by atoms with Crippen molar-refractivity contribution in [1.29, 1.82) is 0 Å². The van der Waals surface area contributed by atoms with Gasteiger partial charge in [-0.1, -0.05) is 57.9 Å². The Morgan fingerprint density at radius 1 is 0.978 bits per heavy atom. The predicted molar refractivity (Wildman–Crippen MR) is 169 cm³/mol. The summed E-state index contributed by atoms with van der Waals surface area (Å²) in [7, 11) is 0. The maximum absolute atomic E-state index is 13.9. The fourth-order valence-electron chi connectivity index (χ4n) is 6.07. The number of hydrogen-bond donors (Lipinski definition) is 4. The number of alkyl carbamates (subject to hydrolysis) is 1. The van der Waals surface area contributed by atoms with Crippen molar-refractivity contribution in [3.05, 3.63) is 35.4 Å². The van der Waals surface area contributed by atoms with E-state index in [0.29, 0.717) is 45.2 Å². The molecule has 3 rings (SSSR count). The number of unbranched alkanes of at least 4 members (excludes halogenated alkanes) is 1. The third kappa shape index (κ3) is 9.67. The van der Waals surface area contributed by atoms with Crippen LogP contribution in [-0.4, -0.2) is 87.9 Å². The number of benzene rings is 1. The Labute approximate surface area is 270 Å². The van der Waals surface area contributed by atoms with E-state index in [1.54, 1.807) is 6.92 Å². The summed E-state index contributed by atoms with van der Waals surface area (Å²) in [6.45, 7) is 6.36. The van der Waals surface area contributed by atoms with Crippen LogP contribution in [0.4, 0.5) is 4.79 Å². The van der Waals surface area contributed by atoms with Crippen LogP contribution in [0.3, 0.4) is 0 Å². The van der Waals surface area contributed by atoms with Gasteiger partial charge >= 0.3 is 12.1 Å². The number of aryl methyl sites for hydroxylation is 1. The molecule has 1 aromatic carbocycles. The van der Waals surface area contributed by atoms with Gasteiger partial charge in [0, 0.05) is 19.5 Å². The van der Waals surface area contributed by atoms with Gasteiger partial charge in [0.05, 0.1) is 0 Å². The van der Waals surface area contributed by atoms with E-state index in [2.05, 4.69) is 17.6 Å². The maximum atomic E-state index is 13.9. The molecule has 2 aliphatic heterocycles. The number of nitrogens with one attached hydrogen (secondary N) is 2. The number of rotatable bonds is 16. The Bertz CT molecular complexity index is 1260. The summed E-state index contributed by atoms with van der Waals surface area (Å²) >= 11 is 0. The van der Waals surface area contributed by atoms with Crippen LogP contribution in [0.5, 0.6) is 0 Å². The third-order valence-corrected chi connectivity index (χ3v) is 8.98. The number of carboxylic acid groups (broad SMARTS) is 1. The zero-order valence-electron chi connectivity index (χ0n) is 27.2. The Hall–Kier alpha value is -4.16. The first-order valence-corrected chi connectivity index (χ1v) is 16.4. The minimum absolute atomic E-state index is 0.00596. The van der Waals surface area contributed by atoms with Crippen LogP contribution in [0.15, 0.2) is 24.3 Å². The fraction of sp³-hybridized carbons (Fsp3) is 0.636. The molecular weight excluding hydrogens is 594 g/mol. The fourth-order valence-corrected chi connectivity index (χ4v) is 6.07. The van der Waals surface area contributed by atoms with Crippen molar-refractivity contribution in [2.24, 2.45) is 11.7 Å². The van der Waals surface area contributed by atoms with Crippen LogP contribution in [0.1, 0.15) is 89.7 Å². The number of nitrogens with two attached hydrogens (primary N) is 1. The zero-order valence-corrected chi connectivity index (χ0v) is 27.2. The summed E-state index contributed by atoms with van der Waals surface area (Å²) < 4.78 is 5.45. The minimum Gasteiger partial charge on any atom is -0.480 e. The first-order chi connectivity index (χ1) is 22.0. The second kappa shape index (κ2) is 17.5. The van der Waals surface area contributed by atoms with Crippen LogP contribution in [0, 0.1) is 5.92 Å². The number of carbonyl (C=O) groups excluding carboxylic acids is 5. The summed E-state index contributed by atoms with van der Waals surface area (Å²) in [5, 5.41) is 14.9. The summed E-state index contributed by atoms with van der Waals surface area (Å²) in [5.74, 6) is -3.61. The minimum atomic E-state index is -1.22. The van der Waals surface area contributed by atoms with Gasteiger partial charge in [-0.3, -0.25) is 19.2 Å². The second-order valence-electron chi connectivity index (χ2n) is 12.2. The molecule has 0 bridgehead atoms. The number of nitrogens with zero attached hydrogens (tertiary/aromatic N) is 2. The smallest absolute Gasteiger partial charge is 0.408 e. The quantitative estimate of drug-likeness (QED) is 0.211. The highest BCUT2D eigenvalue weighted by atomic mass is 16.5. The molecule has 0 aromatic heterocycles. The summed E-state index contributed by atoms with van der Waals surface area (Å²) in [6.07, 6.45) is 4.10. The molecule has 5 atom stereocenters. The summed E-state index contributed by atoms with van der Waals surface area (Å²) in [6, 6.07) is 3.65. The Morgan fingerprint density at radius 3 is 2.26 bits per heavy atom. The normalized spacial score (nSPS) is 19.6. The molecule has 2 fully saturated rings. The molecule has 13 heteroatoms. The topological polar surface area (TPSA) is 188 Å². The number of carboxylic acids is 1. The first kappa shape index (κ1) is 36.3. The number of likely N-dealkylation sites (tertiary alicyclic amines) is 2. The van der Waals surface area contributed by atoms with Crippen molar-refractivity contribution >= 4 is 35.7 Å². The SMILES string of the molecule is CCCCc1ccccc1COC(=O)NC(CCC(N)=O)C(=O)NC(C(=O)N1CCCC1C(=O)N1CCCC1C(=O)O)C(C)CC. The molecule has 1 aromatic rings. The molecular formula is C33H49N5O8. The highest BCUT2D eigenvalue weighted by Gasteiger charge is 2.44. The molecule has 0 saturated carbocycles. The van der Waals surface area contributed by atoms with Crippen molar-refractivity contribution in [3.63, 3.8) is 0 Å². The first-order valence-electron chi connectivity index (χ1n) is 16.4. The van der Waals surface area contributed by atoms with Gasteiger partial charge in [0.15, 0.2) is 0 Å². The molecule has 46 heavy (non-hydrogen) atoms. The molecule has 13 nitrogen and oxygen atoms in total. The predicted octanol–water partition coefficient (Wildman–Crippen LogP) is 2.49. The second-order valence-corrected chi connectivity index (χ2v) is 12.2. The average molecular weight is 644 g/mol. The zero-order chi connectivity index (χ0) is 33.8. The van der Waals surface area contributed by atoms with Crippen molar-refractivity contribution in [2.75, 3.05) is 13.1 Å². The average Bonchev–Trinajstić information content (AvgIpc) is 3.74. The van der Waals surface area contributed by atoms with Crippen LogP contribution in [0.2, 0.25) is 0 Å². The number of amides is 5. The van der Waals surface area contributed by atoms with Crippen molar-refractivity contribution in [3.8, 4) is 0 Å². The largest absolute Gasteiger partial charge is 0.480 e. The van der Waals surface area contributed by atoms with Gasteiger partial charge < -0.3 is 36.0 Å². The molecule has 0 radical (unpaired) electrons. The molecule has 5 unspecified atom stereocenters. The van der Waals surface area contributed by atoms with Gasteiger partial charge in [-0.25, -0.2) is 9.59 Å². The van der Waals surface area contributed by atoms with E-state index >= 15 is 0 Å². The highest BCUT2D eigenvalue weighted by Crippen LogP contribution is 2.27. The van der Waals surface area contributed by atoms with Gasteiger partial charge in [0.1, 0.15) is 30.8 Å². The van der Waals surface area contributed by atoms with Crippen LogP contribution in [-0.2, 0) is 41.7 Å². The van der Waals surface area contributed by atoms with Crippen molar-refractivity contribution in [2.45, 2.75) is 116 Å². The van der Waals surface area contributed by atoms with Gasteiger partial charge in [0.2, 0.25) is 23.6 Å². The van der Waals surface area contributed by atoms with E-state index in [9.17, 15) is 33.9 Å². The lowest BCUT2D eigenvalue weighted by Gasteiger charge is -2.34. The van der Waals surface area contributed by atoms with E-state index in [-0.39, 0.29) is 25.4 Å². The maximum Gasteiger partial charge on any atom is 0.408 e. The molecule has 5 N–H and O–H groups in total. The number of hydrogen-bond acceptors (Lipinski definition) is 7. The van der Waals surface area contributed by atoms with Crippen LogP contribution in [0.25, 0.3) is 0 Å². The number of primary amides is 1. The summed E-state index contributed by atoms with van der Waals surface area (Å²) in [4.78, 5) is 79.9. The molecule has 5 amide bonds. The molecule has 2 heterocycles. The Kier molecular flexibility index (Phi) is 13.8. The van der Waals surface area contributed by atoms with E-state index in [1.165, 1.54) is 9.80 Å². The van der Waals surface area contributed by atoms with Gasteiger partial charge in [-0.15, -0.1) is 0 Å². The molecule has 254 valence electrons. The van der Waals surface area contributed by atoms with E-state index in [0.717, 1.165) is 30.4 Å². The molecule has 0 aliphatic carbocycles. The van der Waals surface area contributed by atoms with Gasteiger partial charge in [-0.05, 0) is 62.0 Å².